The predicted octanol–water partition coefficient (Wildman–Crippen LogP) is 4.88. The third-order valence-electron chi connectivity index (χ3n) is 4.00. The molecule has 0 radical (unpaired) electrons. The molecule has 4 aromatic rings. The van der Waals surface area contributed by atoms with Gasteiger partial charge in [0.05, 0.1) is 5.52 Å². The van der Waals surface area contributed by atoms with Crippen molar-refractivity contribution in [2.45, 2.75) is 0 Å². The van der Waals surface area contributed by atoms with E-state index in [4.69, 9.17) is 5.73 Å². The number of rotatable bonds is 2. The Morgan fingerprint density at radius 2 is 1.32 bits per heavy atom. The maximum atomic E-state index is 6.18. The van der Waals surface area contributed by atoms with Gasteiger partial charge in [-0.05, 0) is 24.3 Å². The third-order valence-corrected chi connectivity index (χ3v) is 4.00. The molecule has 2 nitrogen and oxygen atoms in total. The SMILES string of the molecule is Nc1ccccc1-c1cn(-c2ccccc2)c2ccccc12. The van der Waals surface area contributed by atoms with Crippen LogP contribution in [0, 0.1) is 0 Å². The minimum absolute atomic E-state index is 0.804. The molecule has 0 spiro atoms. The average molecular weight is 284 g/mol. The number of aromatic nitrogens is 1. The first kappa shape index (κ1) is 12.7. The number of hydrogen-bond acceptors (Lipinski definition) is 1. The van der Waals surface area contributed by atoms with Gasteiger partial charge in [0.2, 0.25) is 0 Å². The Morgan fingerprint density at radius 1 is 0.636 bits per heavy atom. The topological polar surface area (TPSA) is 30.9 Å². The van der Waals surface area contributed by atoms with E-state index in [1.54, 1.807) is 0 Å². The van der Waals surface area contributed by atoms with Crippen molar-refractivity contribution in [3.8, 4) is 16.8 Å². The lowest BCUT2D eigenvalue weighted by Crippen LogP contribution is -1.90. The number of benzene rings is 3. The summed E-state index contributed by atoms with van der Waals surface area (Å²) < 4.78 is 2.22. The first-order valence-corrected chi connectivity index (χ1v) is 7.35. The third kappa shape index (κ3) is 1.97. The van der Waals surface area contributed by atoms with Crippen molar-refractivity contribution in [3.05, 3.63) is 85.1 Å². The molecule has 0 saturated carbocycles. The summed E-state index contributed by atoms with van der Waals surface area (Å²) in [7, 11) is 0. The van der Waals surface area contributed by atoms with Gasteiger partial charge in [-0.3, -0.25) is 0 Å². The Kier molecular flexibility index (Phi) is 2.94. The average Bonchev–Trinajstić information content (AvgIpc) is 2.96. The fraction of sp³-hybridized carbons (Fsp3) is 0. The maximum Gasteiger partial charge on any atom is 0.0534 e. The number of hydrogen-bond donors (Lipinski definition) is 1. The molecule has 1 heterocycles. The van der Waals surface area contributed by atoms with Crippen molar-refractivity contribution in [1.29, 1.82) is 0 Å². The second kappa shape index (κ2) is 5.08. The monoisotopic (exact) mass is 284 g/mol. The van der Waals surface area contributed by atoms with Gasteiger partial charge in [0.25, 0.3) is 0 Å². The Labute approximate surface area is 129 Å². The van der Waals surface area contributed by atoms with Crippen LogP contribution in [-0.2, 0) is 0 Å². The van der Waals surface area contributed by atoms with Crippen molar-refractivity contribution in [2.75, 3.05) is 5.73 Å². The van der Waals surface area contributed by atoms with Crippen LogP contribution in [0.3, 0.4) is 0 Å². The molecule has 0 bridgehead atoms. The Morgan fingerprint density at radius 3 is 2.14 bits per heavy atom. The van der Waals surface area contributed by atoms with Gasteiger partial charge in [0.1, 0.15) is 0 Å². The molecule has 1 aromatic heterocycles. The highest BCUT2D eigenvalue weighted by molar-refractivity contribution is 5.99. The highest BCUT2D eigenvalue weighted by atomic mass is 15.0. The summed E-state index contributed by atoms with van der Waals surface area (Å²) in [5, 5.41) is 1.21. The minimum atomic E-state index is 0.804. The summed E-state index contributed by atoms with van der Waals surface area (Å²) >= 11 is 0. The number of nitrogen functional groups attached to an aromatic ring is 1. The number of nitrogens with two attached hydrogens (primary N) is 1. The van der Waals surface area contributed by atoms with Crippen LogP contribution < -0.4 is 5.73 Å². The van der Waals surface area contributed by atoms with Crippen LogP contribution in [0.15, 0.2) is 85.1 Å². The molecule has 3 aromatic carbocycles. The van der Waals surface area contributed by atoms with E-state index in [1.165, 1.54) is 10.9 Å². The van der Waals surface area contributed by atoms with Gasteiger partial charge >= 0.3 is 0 Å². The maximum absolute atomic E-state index is 6.18. The Balaban J connectivity index is 2.04. The molecule has 4 rings (SSSR count). The highest BCUT2D eigenvalue weighted by Crippen LogP contribution is 2.35. The molecule has 2 N–H and O–H groups in total. The van der Waals surface area contributed by atoms with E-state index in [0.717, 1.165) is 22.5 Å². The van der Waals surface area contributed by atoms with Crippen LogP contribution in [0.25, 0.3) is 27.7 Å². The molecule has 22 heavy (non-hydrogen) atoms. The van der Waals surface area contributed by atoms with Gasteiger partial charge in [-0.15, -0.1) is 0 Å². The molecule has 0 atom stereocenters. The largest absolute Gasteiger partial charge is 0.398 e. The van der Waals surface area contributed by atoms with E-state index in [0.29, 0.717) is 0 Å². The molecule has 0 fully saturated rings. The molecule has 2 heteroatoms. The summed E-state index contributed by atoms with van der Waals surface area (Å²) in [6.45, 7) is 0. The molecule has 0 aliphatic rings. The van der Waals surface area contributed by atoms with Crippen LogP contribution >= 0.6 is 0 Å². The Hall–Kier alpha value is -3.00. The highest BCUT2D eigenvalue weighted by Gasteiger charge is 2.12. The van der Waals surface area contributed by atoms with Crippen molar-refractivity contribution in [2.24, 2.45) is 0 Å². The minimum Gasteiger partial charge on any atom is -0.398 e. The standard InChI is InChI=1S/C20H16N2/c21-19-12-6-4-10-16(19)18-14-22(15-8-2-1-3-9-15)20-13-7-5-11-17(18)20/h1-14H,21H2. The number of anilines is 1. The van der Waals surface area contributed by atoms with Crippen molar-refractivity contribution >= 4 is 16.6 Å². The van der Waals surface area contributed by atoms with Crippen LogP contribution in [-0.4, -0.2) is 4.57 Å². The predicted molar refractivity (Wildman–Crippen MR) is 93.1 cm³/mol. The van der Waals surface area contributed by atoms with Gasteiger partial charge in [-0.2, -0.15) is 0 Å². The van der Waals surface area contributed by atoms with Crippen LogP contribution in [0.1, 0.15) is 0 Å². The van der Waals surface area contributed by atoms with Gasteiger partial charge < -0.3 is 10.3 Å². The first-order valence-electron chi connectivity index (χ1n) is 7.35. The second-order valence-electron chi connectivity index (χ2n) is 5.35. The van der Waals surface area contributed by atoms with E-state index < -0.39 is 0 Å². The zero-order valence-electron chi connectivity index (χ0n) is 12.1. The van der Waals surface area contributed by atoms with Crippen molar-refractivity contribution < 1.29 is 0 Å². The van der Waals surface area contributed by atoms with Gasteiger partial charge in [0, 0.05) is 34.1 Å². The lowest BCUT2D eigenvalue weighted by atomic mass is 10.0. The van der Waals surface area contributed by atoms with Crippen LogP contribution in [0.2, 0.25) is 0 Å². The zero-order chi connectivity index (χ0) is 14.9. The Bertz CT molecular complexity index is 936. The molecular weight excluding hydrogens is 268 g/mol. The normalized spacial score (nSPS) is 10.9. The molecule has 0 unspecified atom stereocenters. The number of fused-ring (bicyclic) bond motifs is 1. The molecule has 106 valence electrons. The van der Waals surface area contributed by atoms with Gasteiger partial charge in [-0.1, -0.05) is 54.6 Å². The number of nitrogens with zero attached hydrogens (tertiary/aromatic N) is 1. The van der Waals surface area contributed by atoms with E-state index in [1.807, 2.05) is 24.3 Å². The zero-order valence-corrected chi connectivity index (χ0v) is 12.1. The fourth-order valence-corrected chi connectivity index (χ4v) is 2.94. The summed E-state index contributed by atoms with van der Waals surface area (Å²) in [5.41, 5.74) is 11.6. The molecule has 0 aliphatic heterocycles. The molecule has 0 aliphatic carbocycles. The number of para-hydroxylation sites is 3. The summed E-state index contributed by atoms with van der Waals surface area (Å²) in [6, 6.07) is 26.8. The van der Waals surface area contributed by atoms with Crippen molar-refractivity contribution in [3.63, 3.8) is 0 Å². The van der Waals surface area contributed by atoms with Gasteiger partial charge in [0.15, 0.2) is 0 Å². The lowest BCUT2D eigenvalue weighted by Gasteiger charge is -2.04. The van der Waals surface area contributed by atoms with Crippen LogP contribution in [0.5, 0.6) is 0 Å². The fourth-order valence-electron chi connectivity index (χ4n) is 2.94. The summed E-state index contributed by atoms with van der Waals surface area (Å²) in [6.07, 6.45) is 2.17. The van der Waals surface area contributed by atoms with Crippen LogP contribution in [0.4, 0.5) is 5.69 Å². The second-order valence-corrected chi connectivity index (χ2v) is 5.35. The lowest BCUT2D eigenvalue weighted by molar-refractivity contribution is 1.13. The first-order chi connectivity index (χ1) is 10.8. The van der Waals surface area contributed by atoms with E-state index in [-0.39, 0.29) is 0 Å². The summed E-state index contributed by atoms with van der Waals surface area (Å²) in [5.74, 6) is 0. The quantitative estimate of drug-likeness (QED) is 0.522. The van der Waals surface area contributed by atoms with Gasteiger partial charge in [-0.25, -0.2) is 0 Å². The smallest absolute Gasteiger partial charge is 0.0534 e. The molecule has 0 saturated heterocycles. The molecular formula is C20H16N2. The molecule has 0 amide bonds. The summed E-state index contributed by atoms with van der Waals surface area (Å²) in [4.78, 5) is 0. The van der Waals surface area contributed by atoms with E-state index in [2.05, 4.69) is 65.4 Å². The van der Waals surface area contributed by atoms with E-state index in [9.17, 15) is 0 Å². The van der Waals surface area contributed by atoms with Crippen molar-refractivity contribution in [1.82, 2.24) is 4.57 Å². The van der Waals surface area contributed by atoms with E-state index >= 15 is 0 Å².